The number of aryl methyl sites for hydroxylation is 1. The molecule has 1 saturated carbocycles. The van der Waals surface area contributed by atoms with Crippen LogP contribution in [0.5, 0.6) is 0 Å². The van der Waals surface area contributed by atoms with E-state index in [1.165, 1.54) is 31.2 Å². The lowest BCUT2D eigenvalue weighted by molar-refractivity contribution is 0.342. The zero-order valence-electron chi connectivity index (χ0n) is 9.29. The minimum atomic E-state index is 0.689. The molecule has 0 aliphatic heterocycles. The summed E-state index contributed by atoms with van der Waals surface area (Å²) >= 11 is 0. The van der Waals surface area contributed by atoms with E-state index < -0.39 is 0 Å². The molecule has 0 spiro atoms. The zero-order chi connectivity index (χ0) is 10.0. The molecule has 0 radical (unpaired) electrons. The molecule has 1 aromatic rings. The molecule has 0 heteroatoms. The van der Waals surface area contributed by atoms with E-state index in [4.69, 9.17) is 0 Å². The molecule has 0 heterocycles. The van der Waals surface area contributed by atoms with Gasteiger partial charge in [0.1, 0.15) is 0 Å². The first kappa shape index (κ1) is 9.76. The van der Waals surface area contributed by atoms with Gasteiger partial charge in [-0.05, 0) is 42.6 Å². The van der Waals surface area contributed by atoms with Crippen molar-refractivity contribution in [1.82, 2.24) is 0 Å². The fourth-order valence-corrected chi connectivity index (χ4v) is 2.07. The lowest BCUT2D eigenvalue weighted by Crippen LogP contribution is -2.09. The molecule has 0 amide bonds. The van der Waals surface area contributed by atoms with Gasteiger partial charge < -0.3 is 0 Å². The molecule has 1 aliphatic rings. The Hall–Kier alpha value is -0.780. The summed E-state index contributed by atoms with van der Waals surface area (Å²) in [5.41, 5.74) is 2.18. The van der Waals surface area contributed by atoms with Crippen molar-refractivity contribution in [3.8, 4) is 0 Å². The predicted molar refractivity (Wildman–Crippen MR) is 61.3 cm³/mol. The van der Waals surface area contributed by atoms with Gasteiger partial charge in [0.25, 0.3) is 0 Å². The Balaban J connectivity index is 1.83. The van der Waals surface area contributed by atoms with Gasteiger partial charge in [-0.1, -0.05) is 44.2 Å². The molecule has 1 aliphatic carbocycles. The minimum absolute atomic E-state index is 0.689. The van der Waals surface area contributed by atoms with Gasteiger partial charge >= 0.3 is 0 Å². The Morgan fingerprint density at radius 1 is 1.21 bits per heavy atom. The summed E-state index contributed by atoms with van der Waals surface area (Å²) in [6.07, 6.45) is 5.49. The van der Waals surface area contributed by atoms with E-state index in [1.807, 2.05) is 0 Å². The fraction of sp³-hybridized carbons (Fsp3) is 0.571. The normalized spacial score (nSPS) is 20.4. The SMILES string of the molecule is CC(CCc1ccccc1)C1(C)CC1. The molecule has 0 aromatic heterocycles. The highest BCUT2D eigenvalue weighted by Gasteiger charge is 2.41. The van der Waals surface area contributed by atoms with Crippen LogP contribution in [0.1, 0.15) is 38.7 Å². The molecule has 1 unspecified atom stereocenters. The number of rotatable bonds is 4. The molecule has 1 fully saturated rings. The van der Waals surface area contributed by atoms with Crippen LogP contribution in [0.3, 0.4) is 0 Å². The van der Waals surface area contributed by atoms with Crippen LogP contribution < -0.4 is 0 Å². The van der Waals surface area contributed by atoms with E-state index >= 15 is 0 Å². The summed E-state index contributed by atoms with van der Waals surface area (Å²) in [5, 5.41) is 0. The molecular formula is C14H20. The number of hydrogen-bond donors (Lipinski definition) is 0. The summed E-state index contributed by atoms with van der Waals surface area (Å²) in [7, 11) is 0. The van der Waals surface area contributed by atoms with E-state index in [1.54, 1.807) is 0 Å². The zero-order valence-corrected chi connectivity index (χ0v) is 9.29. The Bertz CT molecular complexity index is 282. The average molecular weight is 188 g/mol. The van der Waals surface area contributed by atoms with Crippen molar-refractivity contribution in [2.24, 2.45) is 11.3 Å². The molecule has 76 valence electrons. The Morgan fingerprint density at radius 3 is 2.43 bits per heavy atom. The van der Waals surface area contributed by atoms with E-state index in [2.05, 4.69) is 44.2 Å². The second-order valence-corrected chi connectivity index (χ2v) is 5.08. The molecule has 1 aromatic carbocycles. The average Bonchev–Trinajstić information content (AvgIpc) is 2.96. The third-order valence-corrected chi connectivity index (χ3v) is 3.94. The molecule has 2 rings (SSSR count). The first-order valence-electron chi connectivity index (χ1n) is 5.75. The molecule has 0 N–H and O–H groups in total. The van der Waals surface area contributed by atoms with Gasteiger partial charge in [0.15, 0.2) is 0 Å². The van der Waals surface area contributed by atoms with Crippen molar-refractivity contribution in [3.63, 3.8) is 0 Å². The summed E-state index contributed by atoms with van der Waals surface area (Å²) in [5.74, 6) is 0.891. The van der Waals surface area contributed by atoms with Gasteiger partial charge in [-0.3, -0.25) is 0 Å². The third kappa shape index (κ3) is 2.17. The predicted octanol–water partition coefficient (Wildman–Crippen LogP) is 4.06. The van der Waals surface area contributed by atoms with Crippen LogP contribution in [0.15, 0.2) is 30.3 Å². The molecule has 0 saturated heterocycles. The quantitative estimate of drug-likeness (QED) is 0.668. The van der Waals surface area contributed by atoms with Gasteiger partial charge in [0, 0.05) is 0 Å². The molecule has 1 atom stereocenters. The maximum Gasteiger partial charge on any atom is -0.0276 e. The van der Waals surface area contributed by atoms with Gasteiger partial charge in [-0.25, -0.2) is 0 Å². The van der Waals surface area contributed by atoms with Crippen LogP contribution in [-0.4, -0.2) is 0 Å². The first-order valence-corrected chi connectivity index (χ1v) is 5.75. The maximum atomic E-state index is 2.43. The van der Waals surface area contributed by atoms with E-state index in [0.717, 1.165) is 5.92 Å². The lowest BCUT2D eigenvalue weighted by atomic mass is 9.87. The third-order valence-electron chi connectivity index (χ3n) is 3.94. The van der Waals surface area contributed by atoms with Crippen molar-refractivity contribution >= 4 is 0 Å². The standard InChI is InChI=1S/C14H20/c1-12(14(2)10-11-14)8-9-13-6-4-3-5-7-13/h3-7,12H,8-11H2,1-2H3. The molecule has 0 bridgehead atoms. The number of hydrogen-bond acceptors (Lipinski definition) is 0. The topological polar surface area (TPSA) is 0 Å². The van der Waals surface area contributed by atoms with Crippen LogP contribution >= 0.6 is 0 Å². The van der Waals surface area contributed by atoms with Gasteiger partial charge in [-0.15, -0.1) is 0 Å². The summed E-state index contributed by atoms with van der Waals surface area (Å²) in [4.78, 5) is 0. The van der Waals surface area contributed by atoms with Crippen molar-refractivity contribution in [2.45, 2.75) is 39.5 Å². The molecule has 0 nitrogen and oxygen atoms in total. The van der Waals surface area contributed by atoms with Crippen LogP contribution in [0.2, 0.25) is 0 Å². The largest absolute Gasteiger partial charge is 0.0622 e. The van der Waals surface area contributed by atoms with Crippen molar-refractivity contribution in [3.05, 3.63) is 35.9 Å². The van der Waals surface area contributed by atoms with Gasteiger partial charge in [0.05, 0.1) is 0 Å². The highest BCUT2D eigenvalue weighted by Crippen LogP contribution is 2.52. The monoisotopic (exact) mass is 188 g/mol. The number of benzene rings is 1. The molecule has 14 heavy (non-hydrogen) atoms. The van der Waals surface area contributed by atoms with E-state index in [-0.39, 0.29) is 0 Å². The fourth-order valence-electron chi connectivity index (χ4n) is 2.07. The molecular weight excluding hydrogens is 168 g/mol. The first-order chi connectivity index (χ1) is 6.71. The summed E-state index contributed by atoms with van der Waals surface area (Å²) in [6.45, 7) is 4.85. The minimum Gasteiger partial charge on any atom is -0.0622 e. The van der Waals surface area contributed by atoms with Crippen LogP contribution in [0, 0.1) is 11.3 Å². The van der Waals surface area contributed by atoms with Gasteiger partial charge in [0.2, 0.25) is 0 Å². The lowest BCUT2D eigenvalue weighted by Gasteiger charge is -2.18. The maximum absolute atomic E-state index is 2.43. The van der Waals surface area contributed by atoms with Crippen molar-refractivity contribution in [2.75, 3.05) is 0 Å². The summed E-state index contributed by atoms with van der Waals surface area (Å²) in [6, 6.07) is 10.8. The Kier molecular flexibility index (Phi) is 2.62. The van der Waals surface area contributed by atoms with Crippen molar-refractivity contribution < 1.29 is 0 Å². The Labute approximate surface area is 87.3 Å². The van der Waals surface area contributed by atoms with Crippen LogP contribution in [0.4, 0.5) is 0 Å². The van der Waals surface area contributed by atoms with Crippen molar-refractivity contribution in [1.29, 1.82) is 0 Å². The Morgan fingerprint density at radius 2 is 1.86 bits per heavy atom. The van der Waals surface area contributed by atoms with Gasteiger partial charge in [-0.2, -0.15) is 0 Å². The second-order valence-electron chi connectivity index (χ2n) is 5.08. The van der Waals surface area contributed by atoms with E-state index in [9.17, 15) is 0 Å². The second kappa shape index (κ2) is 3.76. The smallest absolute Gasteiger partial charge is 0.0276 e. The van der Waals surface area contributed by atoms with Crippen LogP contribution in [0.25, 0.3) is 0 Å². The van der Waals surface area contributed by atoms with Crippen LogP contribution in [-0.2, 0) is 6.42 Å². The van der Waals surface area contributed by atoms with E-state index in [0.29, 0.717) is 5.41 Å². The highest BCUT2D eigenvalue weighted by atomic mass is 14.5. The summed E-state index contributed by atoms with van der Waals surface area (Å²) < 4.78 is 0. The highest BCUT2D eigenvalue weighted by molar-refractivity contribution is 5.14.